The van der Waals surface area contributed by atoms with Gasteiger partial charge in [0.15, 0.2) is 5.78 Å². The van der Waals surface area contributed by atoms with Crippen molar-refractivity contribution in [1.29, 1.82) is 0 Å². The molecule has 2 rings (SSSR count). The second kappa shape index (κ2) is 6.04. The van der Waals surface area contributed by atoms with Gasteiger partial charge in [0.2, 0.25) is 5.91 Å². The monoisotopic (exact) mass is 290 g/mol. The normalized spacial score (nSPS) is 20.5. The van der Waals surface area contributed by atoms with Gasteiger partial charge < -0.3 is 9.47 Å². The number of carbonyl (C=O) groups excluding carboxylic acids is 2. The van der Waals surface area contributed by atoms with E-state index in [1.807, 2.05) is 30.1 Å². The lowest BCUT2D eigenvalue weighted by Gasteiger charge is -2.29. The summed E-state index contributed by atoms with van der Waals surface area (Å²) in [5, 5.41) is 0. The van der Waals surface area contributed by atoms with Crippen LogP contribution in [-0.4, -0.2) is 34.2 Å². The van der Waals surface area contributed by atoms with Crippen LogP contribution in [0.5, 0.6) is 0 Å². The van der Waals surface area contributed by atoms with Gasteiger partial charge in [-0.15, -0.1) is 0 Å². The minimum absolute atomic E-state index is 0.0261. The molecule has 116 valence electrons. The molecular formula is C17H26N2O2. The molecule has 1 fully saturated rings. The maximum Gasteiger partial charge on any atom is 0.222 e. The van der Waals surface area contributed by atoms with Gasteiger partial charge in [0.25, 0.3) is 0 Å². The number of aromatic nitrogens is 1. The predicted molar refractivity (Wildman–Crippen MR) is 83.1 cm³/mol. The van der Waals surface area contributed by atoms with Crippen LogP contribution in [0.2, 0.25) is 0 Å². The van der Waals surface area contributed by atoms with Crippen LogP contribution < -0.4 is 0 Å². The Balaban J connectivity index is 2.00. The fourth-order valence-electron chi connectivity index (χ4n) is 3.00. The lowest BCUT2D eigenvalue weighted by atomic mass is 9.77. The molecule has 2 heterocycles. The van der Waals surface area contributed by atoms with Crippen LogP contribution in [0.1, 0.15) is 50.4 Å². The number of carbonyl (C=O) groups is 2. The lowest BCUT2D eigenvalue weighted by Crippen LogP contribution is -2.35. The van der Waals surface area contributed by atoms with Crippen molar-refractivity contribution in [2.45, 2.75) is 40.0 Å². The molecule has 1 amide bonds. The number of hydrogen-bond donors (Lipinski definition) is 0. The molecular weight excluding hydrogens is 264 g/mol. The number of hydrogen-bond acceptors (Lipinski definition) is 2. The minimum atomic E-state index is 0.0261. The Morgan fingerprint density at radius 1 is 1.33 bits per heavy atom. The van der Waals surface area contributed by atoms with Crippen molar-refractivity contribution in [2.75, 3.05) is 13.1 Å². The molecule has 1 aliphatic rings. The highest BCUT2D eigenvalue weighted by Crippen LogP contribution is 2.34. The van der Waals surface area contributed by atoms with E-state index in [-0.39, 0.29) is 23.7 Å². The van der Waals surface area contributed by atoms with Crippen molar-refractivity contribution in [3.63, 3.8) is 0 Å². The smallest absolute Gasteiger partial charge is 0.222 e. The summed E-state index contributed by atoms with van der Waals surface area (Å²) in [6.45, 7) is 7.59. The highest BCUT2D eigenvalue weighted by molar-refractivity contribution is 5.99. The fourth-order valence-corrected chi connectivity index (χ4v) is 3.00. The van der Waals surface area contributed by atoms with Gasteiger partial charge in [-0.3, -0.25) is 9.59 Å². The van der Waals surface area contributed by atoms with E-state index in [1.165, 1.54) is 0 Å². The van der Waals surface area contributed by atoms with E-state index in [2.05, 4.69) is 20.8 Å². The molecule has 0 saturated carbocycles. The van der Waals surface area contributed by atoms with Gasteiger partial charge in [0.05, 0.1) is 6.54 Å². The third-order valence-electron chi connectivity index (χ3n) is 4.52. The molecule has 21 heavy (non-hydrogen) atoms. The molecule has 1 atom stereocenters. The summed E-state index contributed by atoms with van der Waals surface area (Å²) in [4.78, 5) is 26.2. The first kappa shape index (κ1) is 15.8. The first-order valence-corrected chi connectivity index (χ1v) is 7.70. The van der Waals surface area contributed by atoms with Gasteiger partial charge in [0.1, 0.15) is 0 Å². The SMILES string of the molecule is Cn1ccc(C(=O)CN2CCC(C(C)(C)C)CCC2=O)c1. The summed E-state index contributed by atoms with van der Waals surface area (Å²) in [5.74, 6) is 0.683. The third-order valence-corrected chi connectivity index (χ3v) is 4.52. The number of aryl methyl sites for hydroxylation is 1. The number of likely N-dealkylation sites (tertiary alicyclic amines) is 1. The summed E-state index contributed by atoms with van der Waals surface area (Å²) in [6.07, 6.45) is 6.13. The molecule has 0 bridgehead atoms. The molecule has 1 aliphatic heterocycles. The van der Waals surface area contributed by atoms with Crippen molar-refractivity contribution in [3.8, 4) is 0 Å². The molecule has 1 unspecified atom stereocenters. The van der Waals surface area contributed by atoms with Gasteiger partial charge in [-0.2, -0.15) is 0 Å². The highest BCUT2D eigenvalue weighted by atomic mass is 16.2. The first-order valence-electron chi connectivity index (χ1n) is 7.70. The average Bonchev–Trinajstić information content (AvgIpc) is 2.73. The second-order valence-electron chi connectivity index (χ2n) is 7.19. The second-order valence-corrected chi connectivity index (χ2v) is 7.19. The number of ketones is 1. The number of Topliss-reactive ketones (excluding diaryl/α,β-unsaturated/α-hetero) is 1. The van der Waals surface area contributed by atoms with Gasteiger partial charge in [-0.1, -0.05) is 20.8 Å². The molecule has 4 nitrogen and oxygen atoms in total. The summed E-state index contributed by atoms with van der Waals surface area (Å²) >= 11 is 0. The molecule has 0 aliphatic carbocycles. The van der Waals surface area contributed by atoms with Crippen molar-refractivity contribution in [3.05, 3.63) is 24.0 Å². The molecule has 1 saturated heterocycles. The quantitative estimate of drug-likeness (QED) is 0.803. The molecule has 0 aromatic carbocycles. The van der Waals surface area contributed by atoms with Gasteiger partial charge in [0, 0.05) is 38.0 Å². The lowest BCUT2D eigenvalue weighted by molar-refractivity contribution is -0.130. The van der Waals surface area contributed by atoms with Crippen LogP contribution >= 0.6 is 0 Å². The van der Waals surface area contributed by atoms with Crippen LogP contribution in [-0.2, 0) is 11.8 Å². The maximum absolute atomic E-state index is 12.3. The number of nitrogens with zero attached hydrogens (tertiary/aromatic N) is 2. The molecule has 1 aromatic rings. The standard InChI is InChI=1S/C17H26N2O2/c1-17(2,3)14-5-6-16(21)19(10-8-14)12-15(20)13-7-9-18(4)11-13/h7,9,11,14H,5-6,8,10,12H2,1-4H3. The summed E-state index contributed by atoms with van der Waals surface area (Å²) in [7, 11) is 1.89. The van der Waals surface area contributed by atoms with Crippen molar-refractivity contribution >= 4 is 11.7 Å². The molecule has 0 spiro atoms. The van der Waals surface area contributed by atoms with Gasteiger partial charge in [-0.05, 0) is 30.2 Å². The summed E-state index contributed by atoms with van der Waals surface area (Å²) < 4.78 is 1.85. The van der Waals surface area contributed by atoms with Crippen LogP contribution in [0.3, 0.4) is 0 Å². The maximum atomic E-state index is 12.3. The Morgan fingerprint density at radius 3 is 2.62 bits per heavy atom. The topological polar surface area (TPSA) is 42.3 Å². The summed E-state index contributed by atoms with van der Waals surface area (Å²) in [5.41, 5.74) is 0.904. The molecule has 0 radical (unpaired) electrons. The highest BCUT2D eigenvalue weighted by Gasteiger charge is 2.30. The van der Waals surface area contributed by atoms with Crippen LogP contribution in [0, 0.1) is 11.3 Å². The average molecular weight is 290 g/mol. The number of amides is 1. The first-order chi connectivity index (χ1) is 9.77. The van der Waals surface area contributed by atoms with E-state index >= 15 is 0 Å². The van der Waals surface area contributed by atoms with Crippen LogP contribution in [0.15, 0.2) is 18.5 Å². The molecule has 4 heteroatoms. The minimum Gasteiger partial charge on any atom is -0.357 e. The molecule has 1 aromatic heterocycles. The van der Waals surface area contributed by atoms with Crippen LogP contribution in [0.4, 0.5) is 0 Å². The van der Waals surface area contributed by atoms with Gasteiger partial charge >= 0.3 is 0 Å². The van der Waals surface area contributed by atoms with E-state index < -0.39 is 0 Å². The Bertz CT molecular complexity index is 525. The van der Waals surface area contributed by atoms with E-state index in [0.717, 1.165) is 12.8 Å². The van der Waals surface area contributed by atoms with E-state index in [0.29, 0.717) is 24.4 Å². The van der Waals surface area contributed by atoms with Crippen molar-refractivity contribution in [2.24, 2.45) is 18.4 Å². The third kappa shape index (κ3) is 3.96. The van der Waals surface area contributed by atoms with E-state index in [9.17, 15) is 9.59 Å². The number of rotatable bonds is 3. The molecule has 0 N–H and O–H groups in total. The Kier molecular flexibility index (Phi) is 4.55. The van der Waals surface area contributed by atoms with Crippen LogP contribution in [0.25, 0.3) is 0 Å². The largest absolute Gasteiger partial charge is 0.357 e. The Hall–Kier alpha value is -1.58. The zero-order valence-corrected chi connectivity index (χ0v) is 13.6. The zero-order chi connectivity index (χ0) is 15.6. The summed E-state index contributed by atoms with van der Waals surface area (Å²) in [6, 6.07) is 1.81. The van der Waals surface area contributed by atoms with Crippen molar-refractivity contribution < 1.29 is 9.59 Å². The van der Waals surface area contributed by atoms with Crippen molar-refractivity contribution in [1.82, 2.24) is 9.47 Å². The van der Waals surface area contributed by atoms with Gasteiger partial charge in [-0.25, -0.2) is 0 Å². The fraction of sp³-hybridized carbons (Fsp3) is 0.647. The Labute approximate surface area is 127 Å². The zero-order valence-electron chi connectivity index (χ0n) is 13.6. The Morgan fingerprint density at radius 2 is 2.05 bits per heavy atom. The predicted octanol–water partition coefficient (Wildman–Crippen LogP) is 2.88. The van der Waals surface area contributed by atoms with E-state index in [1.54, 1.807) is 4.90 Å². The van der Waals surface area contributed by atoms with E-state index in [4.69, 9.17) is 0 Å².